The van der Waals surface area contributed by atoms with Gasteiger partial charge in [-0.15, -0.1) is 0 Å². The van der Waals surface area contributed by atoms with E-state index in [1.165, 1.54) is 4.90 Å². The maximum Gasteiger partial charge on any atom is 0.315 e. The molecule has 0 atom stereocenters. The summed E-state index contributed by atoms with van der Waals surface area (Å²) in [5.74, 6) is -0.591. The fourth-order valence-corrected chi connectivity index (χ4v) is 3.23. The average Bonchev–Trinajstić information content (AvgIpc) is 2.65. The van der Waals surface area contributed by atoms with E-state index in [0.29, 0.717) is 30.3 Å². The van der Waals surface area contributed by atoms with Gasteiger partial charge in [-0.05, 0) is 28.7 Å². The van der Waals surface area contributed by atoms with Crippen molar-refractivity contribution in [1.29, 1.82) is 0 Å². The quantitative estimate of drug-likeness (QED) is 0.629. The molecule has 0 unspecified atom stereocenters. The number of anilines is 1. The number of hydrogen-bond acceptors (Lipinski definition) is 4. The number of primary amides is 1. The first-order chi connectivity index (χ1) is 12.7. The Balaban J connectivity index is 1.88. The largest absolute Gasteiger partial charge is 0.351 e. The third kappa shape index (κ3) is 3.78. The predicted molar refractivity (Wildman–Crippen MR) is 102 cm³/mol. The van der Waals surface area contributed by atoms with Crippen LogP contribution in [0.25, 0.3) is 0 Å². The fraction of sp³-hybridized carbons (Fsp3) is 0.350. The van der Waals surface area contributed by atoms with Crippen LogP contribution < -0.4 is 10.8 Å². The third-order valence-corrected chi connectivity index (χ3v) is 4.71. The van der Waals surface area contributed by atoms with E-state index in [1.54, 1.807) is 24.3 Å². The number of carbonyl (C=O) groups excluding carboxylic acids is 2. The highest BCUT2D eigenvalue weighted by Crippen LogP contribution is 2.31. The molecule has 0 bridgehead atoms. The highest BCUT2D eigenvalue weighted by molar-refractivity contribution is 6.03. The summed E-state index contributed by atoms with van der Waals surface area (Å²) in [5.41, 5.74) is 8.15. The molecule has 142 valence electrons. The summed E-state index contributed by atoms with van der Waals surface area (Å²) in [6.07, 6.45) is 0.517. The van der Waals surface area contributed by atoms with Gasteiger partial charge in [-0.2, -0.15) is 5.06 Å². The first-order valence-corrected chi connectivity index (χ1v) is 8.84. The highest BCUT2D eigenvalue weighted by atomic mass is 16.5. The molecule has 3 rings (SSSR count). The molecule has 0 fully saturated rings. The summed E-state index contributed by atoms with van der Waals surface area (Å²) < 4.78 is 0. The van der Waals surface area contributed by atoms with Gasteiger partial charge in [0.15, 0.2) is 0 Å². The number of nitrogens with two attached hydrogens (primary N) is 1. The summed E-state index contributed by atoms with van der Waals surface area (Å²) >= 11 is 0. The van der Waals surface area contributed by atoms with Crippen LogP contribution in [0.2, 0.25) is 0 Å². The Morgan fingerprint density at radius 1 is 1.19 bits per heavy atom. The standard InChI is InChI=1S/C20H24N4O3/c1-20(2,3)14-6-4-5-7-17(14)24(27)18(25)16-9-8-13-12-23(19(21)26)11-10-15(13)22-16/h4-9,27H,10-12H2,1-3H3,(H2,21,26). The van der Waals surface area contributed by atoms with Crippen LogP contribution in [0.15, 0.2) is 36.4 Å². The molecular weight excluding hydrogens is 344 g/mol. The molecule has 3 amide bonds. The predicted octanol–water partition coefficient (Wildman–Crippen LogP) is 2.85. The molecule has 0 saturated heterocycles. The van der Waals surface area contributed by atoms with Crippen molar-refractivity contribution in [1.82, 2.24) is 9.88 Å². The van der Waals surface area contributed by atoms with Gasteiger partial charge >= 0.3 is 11.9 Å². The van der Waals surface area contributed by atoms with Crippen LogP contribution in [0.4, 0.5) is 10.5 Å². The van der Waals surface area contributed by atoms with Crippen molar-refractivity contribution < 1.29 is 14.8 Å². The topological polar surface area (TPSA) is 99.8 Å². The van der Waals surface area contributed by atoms with E-state index in [4.69, 9.17) is 5.73 Å². The lowest BCUT2D eigenvalue weighted by Crippen LogP contribution is -2.40. The SMILES string of the molecule is CC(C)(C)c1ccccc1N(O)C(=O)c1ccc2c(n1)CCN(C(N)=O)C2. The van der Waals surface area contributed by atoms with Crippen LogP contribution in [0.5, 0.6) is 0 Å². The molecule has 7 heteroatoms. The Bertz CT molecular complexity index is 889. The second-order valence-corrected chi connectivity index (χ2v) is 7.70. The van der Waals surface area contributed by atoms with Crippen LogP contribution in [0, 0.1) is 0 Å². The number of fused-ring (bicyclic) bond motifs is 1. The van der Waals surface area contributed by atoms with Crippen LogP contribution in [0.3, 0.4) is 0 Å². The van der Waals surface area contributed by atoms with E-state index in [1.807, 2.05) is 32.9 Å². The molecule has 1 aliphatic heterocycles. The van der Waals surface area contributed by atoms with Crippen LogP contribution >= 0.6 is 0 Å². The fourth-order valence-electron chi connectivity index (χ4n) is 3.23. The van der Waals surface area contributed by atoms with Crippen molar-refractivity contribution in [3.63, 3.8) is 0 Å². The van der Waals surface area contributed by atoms with E-state index in [0.717, 1.165) is 16.8 Å². The van der Waals surface area contributed by atoms with E-state index in [9.17, 15) is 14.8 Å². The number of urea groups is 1. The van der Waals surface area contributed by atoms with Gasteiger partial charge in [0.25, 0.3) is 0 Å². The van der Waals surface area contributed by atoms with Gasteiger partial charge in [0.05, 0.1) is 5.69 Å². The second kappa shape index (κ2) is 7.00. The third-order valence-electron chi connectivity index (χ3n) is 4.71. The number of amides is 3. The van der Waals surface area contributed by atoms with Gasteiger partial charge < -0.3 is 10.6 Å². The van der Waals surface area contributed by atoms with Crippen molar-refractivity contribution in [2.45, 2.75) is 39.2 Å². The number of carbonyl (C=O) groups is 2. The number of hydroxylamine groups is 1. The molecule has 2 aromatic rings. The summed E-state index contributed by atoms with van der Waals surface area (Å²) in [5, 5.41) is 11.2. The molecular formula is C20H24N4O3. The van der Waals surface area contributed by atoms with Gasteiger partial charge in [0.1, 0.15) is 5.69 Å². The normalized spacial score (nSPS) is 13.9. The Morgan fingerprint density at radius 3 is 2.56 bits per heavy atom. The molecule has 7 nitrogen and oxygen atoms in total. The molecule has 27 heavy (non-hydrogen) atoms. The minimum absolute atomic E-state index is 0.160. The van der Waals surface area contributed by atoms with Gasteiger partial charge in [-0.3, -0.25) is 10.0 Å². The number of rotatable bonds is 2. The van der Waals surface area contributed by atoms with E-state index in [2.05, 4.69) is 4.98 Å². The molecule has 0 radical (unpaired) electrons. The van der Waals surface area contributed by atoms with Crippen molar-refractivity contribution in [3.05, 3.63) is 58.9 Å². The maximum absolute atomic E-state index is 12.8. The Hall–Kier alpha value is -2.93. The number of aromatic nitrogens is 1. The van der Waals surface area contributed by atoms with Crippen LogP contribution in [0.1, 0.15) is 48.1 Å². The number of nitrogens with zero attached hydrogens (tertiary/aromatic N) is 3. The first kappa shape index (κ1) is 18.8. The van der Waals surface area contributed by atoms with Crippen LogP contribution in [-0.4, -0.2) is 33.6 Å². The molecule has 0 aliphatic carbocycles. The zero-order valence-corrected chi connectivity index (χ0v) is 15.8. The summed E-state index contributed by atoms with van der Waals surface area (Å²) in [6.45, 7) is 6.90. The molecule has 1 aromatic heterocycles. The Morgan fingerprint density at radius 2 is 1.89 bits per heavy atom. The van der Waals surface area contributed by atoms with E-state index in [-0.39, 0.29) is 11.1 Å². The smallest absolute Gasteiger partial charge is 0.315 e. The monoisotopic (exact) mass is 368 g/mol. The zero-order valence-electron chi connectivity index (χ0n) is 15.8. The lowest BCUT2D eigenvalue weighted by atomic mass is 9.85. The maximum atomic E-state index is 12.8. The summed E-state index contributed by atoms with van der Waals surface area (Å²) in [4.78, 5) is 30.1. The number of benzene rings is 1. The van der Waals surface area contributed by atoms with Crippen molar-refractivity contribution >= 4 is 17.6 Å². The van der Waals surface area contributed by atoms with Crippen LogP contribution in [-0.2, 0) is 18.4 Å². The van der Waals surface area contributed by atoms with Gasteiger partial charge in [0, 0.05) is 25.2 Å². The molecule has 2 heterocycles. The van der Waals surface area contributed by atoms with Crippen molar-refractivity contribution in [3.8, 4) is 0 Å². The summed E-state index contributed by atoms with van der Waals surface area (Å²) in [6, 6.07) is 10.1. The van der Waals surface area contributed by atoms with Crippen molar-refractivity contribution in [2.24, 2.45) is 5.73 Å². The van der Waals surface area contributed by atoms with Gasteiger partial charge in [-0.1, -0.05) is 45.0 Å². The van der Waals surface area contributed by atoms with Crippen molar-refractivity contribution in [2.75, 3.05) is 11.6 Å². The molecule has 3 N–H and O–H groups in total. The minimum atomic E-state index is -0.591. The second-order valence-electron chi connectivity index (χ2n) is 7.70. The Kier molecular flexibility index (Phi) is 4.89. The van der Waals surface area contributed by atoms with E-state index < -0.39 is 11.9 Å². The highest BCUT2D eigenvalue weighted by Gasteiger charge is 2.26. The number of pyridine rings is 1. The number of para-hydroxylation sites is 1. The van der Waals surface area contributed by atoms with Gasteiger partial charge in [-0.25, -0.2) is 9.78 Å². The lowest BCUT2D eigenvalue weighted by molar-refractivity contribution is 0.0847. The lowest BCUT2D eigenvalue weighted by Gasteiger charge is -2.28. The first-order valence-electron chi connectivity index (χ1n) is 8.84. The average molecular weight is 368 g/mol. The summed E-state index contributed by atoms with van der Waals surface area (Å²) in [7, 11) is 0. The molecule has 1 aliphatic rings. The molecule has 1 aromatic carbocycles. The molecule has 0 saturated carbocycles. The number of hydrogen-bond donors (Lipinski definition) is 2. The minimum Gasteiger partial charge on any atom is -0.351 e. The van der Waals surface area contributed by atoms with E-state index >= 15 is 0 Å². The Labute approximate surface area is 158 Å². The zero-order chi connectivity index (χ0) is 19.8. The van der Waals surface area contributed by atoms with Gasteiger partial charge in [0.2, 0.25) is 0 Å². The molecule has 0 spiro atoms.